The Balaban J connectivity index is 0.00000192. The van der Waals surface area contributed by atoms with Crippen LogP contribution in [0.25, 0.3) is 10.9 Å². The molecule has 23 heavy (non-hydrogen) atoms. The third kappa shape index (κ3) is 4.10. The maximum absolute atomic E-state index is 11.3. The molecule has 112 valence electrons. The van der Waals surface area contributed by atoms with Crippen LogP contribution in [0.4, 0.5) is 0 Å². The van der Waals surface area contributed by atoms with Crippen LogP contribution in [-0.2, 0) is 16.7 Å². The predicted octanol–water partition coefficient (Wildman–Crippen LogP) is -0.278. The van der Waals surface area contributed by atoms with E-state index in [4.69, 9.17) is 4.74 Å². The van der Waals surface area contributed by atoms with Crippen molar-refractivity contribution in [3.63, 3.8) is 0 Å². The van der Waals surface area contributed by atoms with E-state index in [1.807, 2.05) is 30.3 Å². The SMILES string of the molecule is O=S(=O)([O-])c1ccc(OCc2ccccc2)c2ncccc12.[Na+]. The Hall–Kier alpha value is -1.44. The molecule has 0 atom stereocenters. The smallest absolute Gasteiger partial charge is 0.744 e. The summed E-state index contributed by atoms with van der Waals surface area (Å²) in [5.41, 5.74) is 1.34. The van der Waals surface area contributed by atoms with Gasteiger partial charge in [-0.05, 0) is 29.8 Å². The van der Waals surface area contributed by atoms with Crippen LogP contribution >= 0.6 is 0 Å². The van der Waals surface area contributed by atoms with Gasteiger partial charge < -0.3 is 9.29 Å². The average Bonchev–Trinajstić information content (AvgIpc) is 2.52. The normalized spacial score (nSPS) is 11.0. The largest absolute Gasteiger partial charge is 1.00 e. The standard InChI is InChI=1S/C16H13NO4S.Na/c18-22(19,20)15-9-8-14(16-13(15)7-4-10-17-16)21-11-12-5-2-1-3-6-12;/h1-10H,11H2,(H,18,19,20);/q;+1/p-1. The molecule has 3 aromatic rings. The van der Waals surface area contributed by atoms with Crippen molar-refractivity contribution in [2.75, 3.05) is 0 Å². The number of benzene rings is 2. The minimum atomic E-state index is -4.56. The Kier molecular flexibility index (Phi) is 5.78. The van der Waals surface area contributed by atoms with Crippen LogP contribution in [0.2, 0.25) is 0 Å². The molecule has 3 rings (SSSR count). The van der Waals surface area contributed by atoms with Gasteiger partial charge in [-0.2, -0.15) is 0 Å². The average molecular weight is 337 g/mol. The van der Waals surface area contributed by atoms with Gasteiger partial charge in [-0.25, -0.2) is 8.42 Å². The second-order valence-electron chi connectivity index (χ2n) is 4.69. The maximum Gasteiger partial charge on any atom is 1.00 e. The molecule has 0 N–H and O–H groups in total. The fourth-order valence-electron chi connectivity index (χ4n) is 2.19. The van der Waals surface area contributed by atoms with Gasteiger partial charge in [0.25, 0.3) is 0 Å². The van der Waals surface area contributed by atoms with Gasteiger partial charge in [-0.1, -0.05) is 30.3 Å². The Morgan fingerprint density at radius 2 is 1.74 bits per heavy atom. The van der Waals surface area contributed by atoms with Gasteiger partial charge in [-0.15, -0.1) is 0 Å². The van der Waals surface area contributed by atoms with Crippen molar-refractivity contribution in [3.05, 3.63) is 66.4 Å². The summed E-state index contributed by atoms with van der Waals surface area (Å²) < 4.78 is 39.7. The molecule has 0 bridgehead atoms. The van der Waals surface area contributed by atoms with Crippen LogP contribution < -0.4 is 34.3 Å². The van der Waals surface area contributed by atoms with Gasteiger partial charge in [-0.3, -0.25) is 4.98 Å². The zero-order valence-corrected chi connectivity index (χ0v) is 15.3. The summed E-state index contributed by atoms with van der Waals surface area (Å²) in [5, 5.41) is 0.267. The van der Waals surface area contributed by atoms with E-state index in [9.17, 15) is 13.0 Å². The van der Waals surface area contributed by atoms with Crippen molar-refractivity contribution >= 4 is 21.0 Å². The Bertz CT molecular complexity index is 914. The Labute approximate surface area is 156 Å². The van der Waals surface area contributed by atoms with E-state index in [0.717, 1.165) is 5.56 Å². The molecular weight excluding hydrogens is 325 g/mol. The Morgan fingerprint density at radius 3 is 2.43 bits per heavy atom. The van der Waals surface area contributed by atoms with Crippen molar-refractivity contribution in [3.8, 4) is 5.75 Å². The third-order valence-electron chi connectivity index (χ3n) is 3.20. The van der Waals surface area contributed by atoms with Crippen LogP contribution in [0.3, 0.4) is 0 Å². The second-order valence-corrected chi connectivity index (χ2v) is 6.04. The first kappa shape index (κ1) is 17.9. The second kappa shape index (κ2) is 7.42. The van der Waals surface area contributed by atoms with Crippen molar-refractivity contribution < 1.29 is 47.3 Å². The van der Waals surface area contributed by atoms with Crippen molar-refractivity contribution in [1.29, 1.82) is 0 Å². The van der Waals surface area contributed by atoms with Crippen LogP contribution in [0.15, 0.2) is 65.7 Å². The quantitative estimate of drug-likeness (QED) is 0.483. The molecule has 0 radical (unpaired) electrons. The van der Waals surface area contributed by atoms with E-state index in [1.54, 1.807) is 12.1 Å². The zero-order valence-electron chi connectivity index (χ0n) is 12.5. The molecule has 1 aromatic heterocycles. The molecule has 0 saturated heterocycles. The van der Waals surface area contributed by atoms with Crippen LogP contribution in [0.5, 0.6) is 5.75 Å². The number of aromatic nitrogens is 1. The van der Waals surface area contributed by atoms with Crippen molar-refractivity contribution in [2.45, 2.75) is 11.5 Å². The summed E-state index contributed by atoms with van der Waals surface area (Å²) in [7, 11) is -4.56. The summed E-state index contributed by atoms with van der Waals surface area (Å²) in [6.45, 7) is 0.329. The third-order valence-corrected chi connectivity index (χ3v) is 4.09. The minimum Gasteiger partial charge on any atom is -0.744 e. The summed E-state index contributed by atoms with van der Waals surface area (Å²) in [6, 6.07) is 15.4. The molecule has 2 aromatic carbocycles. The molecule has 0 saturated carbocycles. The van der Waals surface area contributed by atoms with Crippen molar-refractivity contribution in [1.82, 2.24) is 4.98 Å². The number of fused-ring (bicyclic) bond motifs is 1. The number of hydrogen-bond donors (Lipinski definition) is 0. The van der Waals surface area contributed by atoms with Gasteiger partial charge in [0.15, 0.2) is 0 Å². The fraction of sp³-hybridized carbons (Fsp3) is 0.0625. The molecule has 5 nitrogen and oxygen atoms in total. The van der Waals surface area contributed by atoms with Crippen molar-refractivity contribution in [2.24, 2.45) is 0 Å². The fourth-order valence-corrected chi connectivity index (χ4v) is 2.86. The van der Waals surface area contributed by atoms with E-state index in [0.29, 0.717) is 17.9 Å². The number of rotatable bonds is 4. The molecule has 1 heterocycles. The molecule has 0 aliphatic heterocycles. The summed E-state index contributed by atoms with van der Waals surface area (Å²) in [4.78, 5) is 3.85. The zero-order chi connectivity index (χ0) is 15.6. The molecule has 0 fully saturated rings. The van der Waals surface area contributed by atoms with E-state index in [1.165, 1.54) is 18.3 Å². The van der Waals surface area contributed by atoms with E-state index >= 15 is 0 Å². The first-order valence-corrected chi connectivity index (χ1v) is 7.97. The molecule has 7 heteroatoms. The number of hydrogen-bond acceptors (Lipinski definition) is 5. The van der Waals surface area contributed by atoms with Gasteiger partial charge in [0.05, 0.1) is 4.90 Å². The molecule has 0 spiro atoms. The maximum atomic E-state index is 11.3. The molecular formula is C16H12NNaO4S. The Morgan fingerprint density at radius 1 is 1.00 bits per heavy atom. The predicted molar refractivity (Wildman–Crippen MR) is 80.5 cm³/mol. The van der Waals surface area contributed by atoms with E-state index in [2.05, 4.69) is 4.98 Å². The van der Waals surface area contributed by atoms with Gasteiger partial charge in [0.2, 0.25) is 0 Å². The number of nitrogens with zero attached hydrogens (tertiary/aromatic N) is 1. The molecule has 0 amide bonds. The van der Waals surface area contributed by atoms with E-state index in [-0.39, 0.29) is 39.8 Å². The van der Waals surface area contributed by atoms with Gasteiger partial charge in [0.1, 0.15) is 28.0 Å². The molecule has 0 aliphatic carbocycles. The van der Waals surface area contributed by atoms with Crippen LogP contribution in [0, 0.1) is 0 Å². The first-order chi connectivity index (χ1) is 10.6. The van der Waals surface area contributed by atoms with Gasteiger partial charge >= 0.3 is 29.6 Å². The topological polar surface area (TPSA) is 79.3 Å². The summed E-state index contributed by atoms with van der Waals surface area (Å²) >= 11 is 0. The first-order valence-electron chi connectivity index (χ1n) is 6.56. The number of pyridine rings is 1. The van der Waals surface area contributed by atoms with Crippen LogP contribution in [0.1, 0.15) is 5.56 Å². The number of ether oxygens (including phenoxy) is 1. The molecule has 0 aliphatic rings. The monoisotopic (exact) mass is 337 g/mol. The van der Waals surface area contributed by atoms with E-state index < -0.39 is 10.1 Å². The summed E-state index contributed by atoms with van der Waals surface area (Å²) in [6.07, 6.45) is 1.53. The van der Waals surface area contributed by atoms with Crippen LogP contribution in [-0.4, -0.2) is 18.0 Å². The minimum absolute atomic E-state index is 0. The summed E-state index contributed by atoms with van der Waals surface area (Å²) in [5.74, 6) is 0.437. The molecule has 0 unspecified atom stereocenters. The van der Waals surface area contributed by atoms with Gasteiger partial charge in [0, 0.05) is 11.6 Å².